The highest BCUT2D eigenvalue weighted by Gasteiger charge is 2.27. The van der Waals surface area contributed by atoms with Crippen LogP contribution < -0.4 is 0 Å². The second kappa shape index (κ2) is 5.94. The van der Waals surface area contributed by atoms with E-state index in [-0.39, 0.29) is 6.10 Å². The van der Waals surface area contributed by atoms with E-state index in [1.165, 1.54) is 32.1 Å². The van der Waals surface area contributed by atoms with Crippen LogP contribution >= 0.6 is 11.3 Å². The van der Waals surface area contributed by atoms with Crippen molar-refractivity contribution in [2.75, 3.05) is 7.11 Å². The van der Waals surface area contributed by atoms with Gasteiger partial charge in [0, 0.05) is 13.3 Å². The minimum Gasteiger partial charge on any atom is -0.388 e. The third-order valence-corrected chi connectivity index (χ3v) is 4.76. The van der Waals surface area contributed by atoms with Crippen molar-refractivity contribution in [1.82, 2.24) is 4.98 Å². The van der Waals surface area contributed by atoms with Crippen molar-refractivity contribution in [2.45, 2.75) is 51.2 Å². The summed E-state index contributed by atoms with van der Waals surface area (Å²) in [7, 11) is 1.77. The average Bonchev–Trinajstić information content (AvgIpc) is 2.81. The summed E-state index contributed by atoms with van der Waals surface area (Å²) in [6, 6.07) is 0. The molecule has 2 rings (SSSR count). The van der Waals surface area contributed by atoms with Crippen molar-refractivity contribution in [3.63, 3.8) is 0 Å². The quantitative estimate of drug-likeness (QED) is 0.896. The van der Waals surface area contributed by atoms with Crippen LogP contribution in [0.1, 0.15) is 61.1 Å². The summed E-state index contributed by atoms with van der Waals surface area (Å²) in [4.78, 5) is 5.35. The molecule has 1 aliphatic rings. The van der Waals surface area contributed by atoms with Crippen molar-refractivity contribution in [3.05, 3.63) is 16.1 Å². The Hall–Kier alpha value is -0.450. The Balaban J connectivity index is 2.10. The normalized spacial score (nSPS) is 21.4. The zero-order valence-electron chi connectivity index (χ0n) is 10.6. The lowest BCUT2D eigenvalue weighted by Crippen LogP contribution is -2.17. The van der Waals surface area contributed by atoms with E-state index < -0.39 is 6.10 Å². The van der Waals surface area contributed by atoms with Crippen LogP contribution in [-0.4, -0.2) is 17.2 Å². The van der Waals surface area contributed by atoms with E-state index in [0.29, 0.717) is 5.92 Å². The van der Waals surface area contributed by atoms with Gasteiger partial charge in [0.05, 0.1) is 11.0 Å². The van der Waals surface area contributed by atoms with Crippen LogP contribution in [0.4, 0.5) is 0 Å². The van der Waals surface area contributed by atoms with Crippen molar-refractivity contribution >= 4 is 11.3 Å². The maximum atomic E-state index is 9.53. The van der Waals surface area contributed by atoms with Crippen LogP contribution in [0.3, 0.4) is 0 Å². The molecule has 0 aliphatic heterocycles. The van der Waals surface area contributed by atoms with Crippen LogP contribution in [0.15, 0.2) is 6.20 Å². The molecule has 2 unspecified atom stereocenters. The van der Waals surface area contributed by atoms with Gasteiger partial charge in [0.25, 0.3) is 0 Å². The summed E-state index contributed by atoms with van der Waals surface area (Å²) in [5.74, 6) is 0.599. The predicted molar refractivity (Wildman–Crippen MR) is 69.1 cm³/mol. The number of methoxy groups -OCH3 is 1. The fraction of sp³-hybridized carbons (Fsp3) is 0.769. The topological polar surface area (TPSA) is 42.4 Å². The van der Waals surface area contributed by atoms with Gasteiger partial charge in [-0.2, -0.15) is 0 Å². The smallest absolute Gasteiger partial charge is 0.122 e. The highest BCUT2D eigenvalue weighted by Crippen LogP contribution is 2.38. The minimum absolute atomic E-state index is 0.118. The molecule has 0 amide bonds. The molecule has 1 aromatic rings. The van der Waals surface area contributed by atoms with Gasteiger partial charge in [-0.1, -0.05) is 19.3 Å². The van der Waals surface area contributed by atoms with Gasteiger partial charge in [0.1, 0.15) is 11.1 Å². The summed E-state index contributed by atoms with van der Waals surface area (Å²) >= 11 is 1.58. The highest BCUT2D eigenvalue weighted by molar-refractivity contribution is 7.11. The third kappa shape index (κ3) is 3.06. The summed E-state index contributed by atoms with van der Waals surface area (Å²) < 4.78 is 5.64. The Morgan fingerprint density at radius 1 is 1.41 bits per heavy atom. The van der Waals surface area contributed by atoms with Crippen LogP contribution in [0.2, 0.25) is 0 Å². The number of nitrogens with zero attached hydrogens (tertiary/aromatic N) is 1. The fourth-order valence-electron chi connectivity index (χ4n) is 2.56. The van der Waals surface area contributed by atoms with Crippen LogP contribution in [-0.2, 0) is 4.74 Å². The molecule has 96 valence electrons. The standard InChI is InChI=1S/C13H21NO2S/c1-9(15)11-8-14-13(17-11)12(16-2)10-6-4-3-5-7-10/h8-10,12,15H,3-7H2,1-2H3. The Morgan fingerprint density at radius 2 is 2.12 bits per heavy atom. The second-order valence-corrected chi connectivity index (χ2v) is 5.93. The first-order chi connectivity index (χ1) is 8.22. The van der Waals surface area contributed by atoms with E-state index in [0.717, 1.165) is 9.88 Å². The molecule has 1 heterocycles. The van der Waals surface area contributed by atoms with Gasteiger partial charge in [-0.25, -0.2) is 4.98 Å². The minimum atomic E-state index is -0.426. The van der Waals surface area contributed by atoms with Crippen molar-refractivity contribution in [3.8, 4) is 0 Å². The van der Waals surface area contributed by atoms with Crippen LogP contribution in [0.25, 0.3) is 0 Å². The van der Waals surface area contributed by atoms with Crippen LogP contribution in [0, 0.1) is 5.92 Å². The predicted octanol–water partition coefficient (Wildman–Crippen LogP) is 3.46. The number of aliphatic hydroxyl groups excluding tert-OH is 1. The van der Waals surface area contributed by atoms with Gasteiger partial charge in [0.15, 0.2) is 0 Å². The highest BCUT2D eigenvalue weighted by atomic mass is 32.1. The van der Waals surface area contributed by atoms with Gasteiger partial charge in [-0.3, -0.25) is 0 Å². The molecule has 0 saturated heterocycles. The average molecular weight is 255 g/mol. The number of rotatable bonds is 4. The molecule has 1 aliphatic carbocycles. The number of hydrogen-bond donors (Lipinski definition) is 1. The van der Waals surface area contributed by atoms with E-state index in [2.05, 4.69) is 4.98 Å². The number of hydrogen-bond acceptors (Lipinski definition) is 4. The first-order valence-corrected chi connectivity index (χ1v) is 7.20. The molecule has 1 aromatic heterocycles. The van der Waals surface area contributed by atoms with Gasteiger partial charge >= 0.3 is 0 Å². The molecule has 0 bridgehead atoms. The largest absolute Gasteiger partial charge is 0.388 e. The Bertz CT molecular complexity index is 345. The van der Waals surface area contributed by atoms with E-state index in [4.69, 9.17) is 4.74 Å². The summed E-state index contributed by atoms with van der Waals surface area (Å²) in [6.45, 7) is 1.78. The molecule has 1 saturated carbocycles. The first-order valence-electron chi connectivity index (χ1n) is 6.39. The fourth-order valence-corrected chi connectivity index (χ4v) is 3.58. The van der Waals surface area contributed by atoms with E-state index in [9.17, 15) is 5.11 Å². The van der Waals surface area contributed by atoms with Crippen molar-refractivity contribution in [1.29, 1.82) is 0 Å². The van der Waals surface area contributed by atoms with E-state index in [1.54, 1.807) is 31.6 Å². The molecule has 1 N–H and O–H groups in total. The number of aromatic nitrogens is 1. The summed E-state index contributed by atoms with van der Waals surface area (Å²) in [5.41, 5.74) is 0. The lowest BCUT2D eigenvalue weighted by Gasteiger charge is -2.27. The monoisotopic (exact) mass is 255 g/mol. The Kier molecular flexibility index (Phi) is 4.54. The molecule has 3 nitrogen and oxygen atoms in total. The molecule has 1 fully saturated rings. The maximum absolute atomic E-state index is 9.53. The van der Waals surface area contributed by atoms with Gasteiger partial charge in [-0.15, -0.1) is 11.3 Å². The van der Waals surface area contributed by atoms with Crippen LogP contribution in [0.5, 0.6) is 0 Å². The number of aliphatic hydroxyl groups is 1. The van der Waals surface area contributed by atoms with E-state index >= 15 is 0 Å². The zero-order chi connectivity index (χ0) is 12.3. The lowest BCUT2D eigenvalue weighted by molar-refractivity contribution is 0.0352. The molecular weight excluding hydrogens is 234 g/mol. The first kappa shape index (κ1) is 13.0. The summed E-state index contributed by atoms with van der Waals surface area (Å²) in [5, 5.41) is 10.6. The van der Waals surface area contributed by atoms with Gasteiger partial charge < -0.3 is 9.84 Å². The third-order valence-electron chi connectivity index (χ3n) is 3.53. The number of thiazole rings is 1. The van der Waals surface area contributed by atoms with Crippen molar-refractivity contribution < 1.29 is 9.84 Å². The molecule has 0 spiro atoms. The molecule has 4 heteroatoms. The van der Waals surface area contributed by atoms with Crippen molar-refractivity contribution in [2.24, 2.45) is 5.92 Å². The zero-order valence-corrected chi connectivity index (χ0v) is 11.4. The SMILES string of the molecule is COC(c1ncc(C(C)O)s1)C1CCCCC1. The summed E-state index contributed by atoms with van der Waals surface area (Å²) in [6.07, 6.45) is 7.91. The van der Waals surface area contributed by atoms with Gasteiger partial charge in [0.2, 0.25) is 0 Å². The molecule has 17 heavy (non-hydrogen) atoms. The Morgan fingerprint density at radius 3 is 2.65 bits per heavy atom. The molecule has 2 atom stereocenters. The van der Waals surface area contributed by atoms with Gasteiger partial charge in [-0.05, 0) is 25.7 Å². The molecule has 0 radical (unpaired) electrons. The maximum Gasteiger partial charge on any atom is 0.122 e. The molecular formula is C13H21NO2S. The lowest BCUT2D eigenvalue weighted by atomic mass is 9.85. The second-order valence-electron chi connectivity index (χ2n) is 4.83. The van der Waals surface area contributed by atoms with E-state index in [1.807, 2.05) is 0 Å². The molecule has 0 aromatic carbocycles. The Labute approximate surface area is 107 Å². The number of ether oxygens (including phenoxy) is 1.